The molecule has 82 valence electrons. The van der Waals surface area contributed by atoms with Gasteiger partial charge in [-0.2, -0.15) is 0 Å². The number of hydrogen-bond donors (Lipinski definition) is 1. The lowest BCUT2D eigenvalue weighted by Crippen LogP contribution is -2.09. The van der Waals surface area contributed by atoms with Crippen LogP contribution in [0.5, 0.6) is 0 Å². The molecule has 1 N–H and O–H groups in total. The first-order valence-electron chi connectivity index (χ1n) is 5.50. The van der Waals surface area contributed by atoms with Crippen LogP contribution >= 0.6 is 11.3 Å². The van der Waals surface area contributed by atoms with Crippen molar-refractivity contribution in [1.82, 2.24) is 0 Å². The molecule has 1 aromatic rings. The summed E-state index contributed by atoms with van der Waals surface area (Å²) >= 11 is 1.45. The number of rotatable bonds is 2. The summed E-state index contributed by atoms with van der Waals surface area (Å²) in [6.45, 7) is 2.30. The van der Waals surface area contributed by atoms with Crippen LogP contribution in [0.3, 0.4) is 0 Å². The molecule has 0 aromatic carbocycles. The van der Waals surface area contributed by atoms with Crippen LogP contribution in [0.4, 0.5) is 0 Å². The molecule has 0 amide bonds. The third-order valence-corrected chi connectivity index (χ3v) is 4.49. The highest BCUT2D eigenvalue weighted by Gasteiger charge is 2.21. The van der Waals surface area contributed by atoms with Crippen molar-refractivity contribution in [3.63, 3.8) is 0 Å². The molecule has 0 spiro atoms. The quantitative estimate of drug-likeness (QED) is 0.830. The van der Waals surface area contributed by atoms with Crippen molar-refractivity contribution in [1.29, 1.82) is 0 Å². The van der Waals surface area contributed by atoms with E-state index in [0.717, 1.165) is 5.92 Å². The summed E-state index contributed by atoms with van der Waals surface area (Å²) in [6, 6.07) is 3.73. The molecule has 1 fully saturated rings. The summed E-state index contributed by atoms with van der Waals surface area (Å²) in [5.74, 6) is 0.662. The standard InChI is InChI=1S/C12H16O2S/c1-8-2-4-9(5-3-8)10-6-7-11(15-10)12(13)14/h6-9H,2-5H2,1H3,(H,13,14). The molecule has 0 saturated heterocycles. The first kappa shape index (κ1) is 10.7. The minimum Gasteiger partial charge on any atom is -0.477 e. The van der Waals surface area contributed by atoms with Crippen molar-refractivity contribution in [2.45, 2.75) is 38.5 Å². The third-order valence-electron chi connectivity index (χ3n) is 3.26. The van der Waals surface area contributed by atoms with E-state index in [1.807, 2.05) is 6.07 Å². The molecule has 2 nitrogen and oxygen atoms in total. The van der Waals surface area contributed by atoms with Gasteiger partial charge in [0.05, 0.1) is 0 Å². The fourth-order valence-electron chi connectivity index (χ4n) is 2.23. The molecule has 0 atom stereocenters. The third kappa shape index (κ3) is 2.40. The zero-order valence-electron chi connectivity index (χ0n) is 8.90. The van der Waals surface area contributed by atoms with Gasteiger partial charge in [-0.1, -0.05) is 19.8 Å². The van der Waals surface area contributed by atoms with E-state index >= 15 is 0 Å². The van der Waals surface area contributed by atoms with Gasteiger partial charge in [-0.15, -0.1) is 11.3 Å². The lowest BCUT2D eigenvalue weighted by atomic mass is 9.82. The van der Waals surface area contributed by atoms with Crippen LogP contribution in [0.1, 0.15) is 53.1 Å². The second-order valence-electron chi connectivity index (χ2n) is 4.46. The Hall–Kier alpha value is -0.830. The van der Waals surface area contributed by atoms with E-state index in [0.29, 0.717) is 10.8 Å². The highest BCUT2D eigenvalue weighted by molar-refractivity contribution is 7.14. The predicted octanol–water partition coefficient (Wildman–Crippen LogP) is 3.74. The molecule has 1 aliphatic rings. The SMILES string of the molecule is CC1CCC(c2ccc(C(=O)O)s2)CC1. The number of carboxylic acid groups (broad SMARTS) is 1. The van der Waals surface area contributed by atoms with Gasteiger partial charge in [0.1, 0.15) is 4.88 Å². The second kappa shape index (κ2) is 4.35. The maximum absolute atomic E-state index is 10.8. The molecule has 1 aromatic heterocycles. The van der Waals surface area contributed by atoms with E-state index in [1.54, 1.807) is 6.07 Å². The minimum atomic E-state index is -0.796. The Balaban J connectivity index is 2.06. The Morgan fingerprint density at radius 2 is 2.00 bits per heavy atom. The molecule has 3 heteroatoms. The van der Waals surface area contributed by atoms with Gasteiger partial charge in [0.2, 0.25) is 0 Å². The second-order valence-corrected chi connectivity index (χ2v) is 5.58. The molecule has 15 heavy (non-hydrogen) atoms. The van der Waals surface area contributed by atoms with Gasteiger partial charge in [0.25, 0.3) is 0 Å². The Bertz CT molecular complexity index is 348. The minimum absolute atomic E-state index is 0.476. The normalized spacial score (nSPS) is 26.5. The van der Waals surface area contributed by atoms with E-state index in [9.17, 15) is 4.79 Å². The van der Waals surface area contributed by atoms with Gasteiger partial charge in [-0.25, -0.2) is 4.79 Å². The average molecular weight is 224 g/mol. The lowest BCUT2D eigenvalue weighted by molar-refractivity contribution is 0.0702. The Labute approximate surface area is 93.9 Å². The molecule has 0 radical (unpaired) electrons. The van der Waals surface area contributed by atoms with E-state index in [2.05, 4.69) is 6.92 Å². The first-order valence-corrected chi connectivity index (χ1v) is 6.31. The van der Waals surface area contributed by atoms with Crippen molar-refractivity contribution in [3.05, 3.63) is 21.9 Å². The van der Waals surface area contributed by atoms with Crippen LogP contribution in [0.2, 0.25) is 0 Å². The van der Waals surface area contributed by atoms with Gasteiger partial charge >= 0.3 is 5.97 Å². The van der Waals surface area contributed by atoms with E-state index in [4.69, 9.17) is 5.11 Å². The van der Waals surface area contributed by atoms with Crippen LogP contribution in [0.15, 0.2) is 12.1 Å². The van der Waals surface area contributed by atoms with Gasteiger partial charge in [-0.05, 0) is 36.8 Å². The molecule has 2 rings (SSSR count). The van der Waals surface area contributed by atoms with E-state index in [-0.39, 0.29) is 0 Å². The number of aromatic carboxylic acids is 1. The van der Waals surface area contributed by atoms with Crippen LogP contribution in [0.25, 0.3) is 0 Å². The average Bonchev–Trinajstić information content (AvgIpc) is 2.68. The topological polar surface area (TPSA) is 37.3 Å². The summed E-state index contributed by atoms with van der Waals surface area (Å²) < 4.78 is 0. The van der Waals surface area contributed by atoms with E-state index < -0.39 is 5.97 Å². The highest BCUT2D eigenvalue weighted by atomic mass is 32.1. The van der Waals surface area contributed by atoms with Gasteiger partial charge in [0, 0.05) is 4.88 Å². The highest BCUT2D eigenvalue weighted by Crippen LogP contribution is 2.38. The van der Waals surface area contributed by atoms with E-state index in [1.165, 1.54) is 41.9 Å². The molecule has 1 aliphatic carbocycles. The van der Waals surface area contributed by atoms with Crippen LogP contribution in [-0.4, -0.2) is 11.1 Å². The zero-order valence-corrected chi connectivity index (χ0v) is 9.72. The fourth-order valence-corrected chi connectivity index (χ4v) is 3.25. The molecular weight excluding hydrogens is 208 g/mol. The summed E-state index contributed by atoms with van der Waals surface area (Å²) in [7, 11) is 0. The largest absolute Gasteiger partial charge is 0.477 e. The molecule has 1 heterocycles. The van der Waals surface area contributed by atoms with Gasteiger partial charge < -0.3 is 5.11 Å². The van der Waals surface area contributed by atoms with Crippen LogP contribution < -0.4 is 0 Å². The summed E-state index contributed by atoms with van der Waals surface area (Å²) in [5.41, 5.74) is 0. The predicted molar refractivity (Wildman–Crippen MR) is 61.7 cm³/mol. The fraction of sp³-hybridized carbons (Fsp3) is 0.583. The Morgan fingerprint density at radius 3 is 2.53 bits per heavy atom. The molecule has 0 bridgehead atoms. The van der Waals surface area contributed by atoms with Crippen molar-refractivity contribution >= 4 is 17.3 Å². The van der Waals surface area contributed by atoms with Crippen LogP contribution in [-0.2, 0) is 0 Å². The molecule has 1 saturated carbocycles. The number of hydrogen-bond acceptors (Lipinski definition) is 2. The molecule has 0 aliphatic heterocycles. The zero-order chi connectivity index (χ0) is 10.8. The van der Waals surface area contributed by atoms with Crippen LogP contribution in [0, 0.1) is 5.92 Å². The van der Waals surface area contributed by atoms with Crippen molar-refractivity contribution in [2.75, 3.05) is 0 Å². The number of thiophene rings is 1. The lowest BCUT2D eigenvalue weighted by Gasteiger charge is -2.25. The van der Waals surface area contributed by atoms with Gasteiger partial charge in [0.15, 0.2) is 0 Å². The Kier molecular flexibility index (Phi) is 3.10. The monoisotopic (exact) mass is 224 g/mol. The van der Waals surface area contributed by atoms with Crippen molar-refractivity contribution < 1.29 is 9.90 Å². The number of carbonyl (C=O) groups is 1. The first-order chi connectivity index (χ1) is 7.16. The maximum atomic E-state index is 10.8. The summed E-state index contributed by atoms with van der Waals surface area (Å²) in [5, 5.41) is 8.85. The molecular formula is C12H16O2S. The summed E-state index contributed by atoms with van der Waals surface area (Å²) in [4.78, 5) is 12.5. The molecule has 0 unspecified atom stereocenters. The maximum Gasteiger partial charge on any atom is 0.345 e. The van der Waals surface area contributed by atoms with Crippen molar-refractivity contribution in [3.8, 4) is 0 Å². The Morgan fingerprint density at radius 1 is 1.33 bits per heavy atom. The smallest absolute Gasteiger partial charge is 0.345 e. The summed E-state index contributed by atoms with van der Waals surface area (Å²) in [6.07, 6.45) is 5.01. The van der Waals surface area contributed by atoms with Gasteiger partial charge in [-0.3, -0.25) is 0 Å². The number of carboxylic acids is 1. The van der Waals surface area contributed by atoms with Crippen molar-refractivity contribution in [2.24, 2.45) is 5.92 Å².